The van der Waals surface area contributed by atoms with Gasteiger partial charge in [-0.2, -0.15) is 0 Å². The van der Waals surface area contributed by atoms with Crippen LogP contribution in [-0.4, -0.2) is 28.6 Å². The van der Waals surface area contributed by atoms with Crippen molar-refractivity contribution < 1.29 is 9.53 Å². The number of nitrogens with zero attached hydrogens (tertiary/aromatic N) is 2. The van der Waals surface area contributed by atoms with Crippen LogP contribution in [0.1, 0.15) is 49.6 Å². The lowest BCUT2D eigenvalue weighted by atomic mass is 9.99. The molecular formula is C30H34ClN3O2. The third kappa shape index (κ3) is 6.88. The number of amides is 1. The number of imidazole rings is 1. The summed E-state index contributed by atoms with van der Waals surface area (Å²) >= 11 is 5.93. The number of carbonyl (C=O) groups excluding carboxylic acids is 1. The molecule has 0 aliphatic rings. The van der Waals surface area contributed by atoms with Crippen LogP contribution in [0.5, 0.6) is 5.75 Å². The van der Waals surface area contributed by atoms with Crippen molar-refractivity contribution in [2.75, 3.05) is 13.2 Å². The number of fused-ring (bicyclic) bond motifs is 1. The maximum Gasteiger partial charge on any atom is 0.224 e. The summed E-state index contributed by atoms with van der Waals surface area (Å²) in [5.74, 6) is 2.43. The average molecular weight is 504 g/mol. The van der Waals surface area contributed by atoms with Gasteiger partial charge in [-0.3, -0.25) is 4.79 Å². The van der Waals surface area contributed by atoms with Gasteiger partial charge in [0.05, 0.1) is 24.1 Å². The molecule has 0 spiro atoms. The van der Waals surface area contributed by atoms with Crippen LogP contribution in [0.25, 0.3) is 11.0 Å². The standard InChI is InChI=1S/C30H34ClN3O2/c1-3-22(2)24-11-15-26(16-12-24)36-20-6-19-34-28-8-5-4-7-27(28)33-29(34)17-18-32-30(35)21-23-9-13-25(31)14-10-23/h4-5,7-16,22H,3,6,17-21H2,1-2H3,(H,32,35). The number of aryl methyl sites for hydroxylation is 1. The van der Waals surface area contributed by atoms with Gasteiger partial charge in [-0.05, 0) is 66.3 Å². The molecule has 0 bridgehead atoms. The van der Waals surface area contributed by atoms with E-state index in [2.05, 4.69) is 54.1 Å². The minimum absolute atomic E-state index is 0.00673. The van der Waals surface area contributed by atoms with Crippen LogP contribution in [-0.2, 0) is 24.2 Å². The van der Waals surface area contributed by atoms with Crippen molar-refractivity contribution in [2.45, 2.75) is 52.0 Å². The highest BCUT2D eigenvalue weighted by atomic mass is 35.5. The van der Waals surface area contributed by atoms with Gasteiger partial charge in [0.2, 0.25) is 5.91 Å². The maximum absolute atomic E-state index is 12.4. The third-order valence-electron chi connectivity index (χ3n) is 6.54. The number of benzene rings is 3. The van der Waals surface area contributed by atoms with Crippen molar-refractivity contribution >= 4 is 28.5 Å². The van der Waals surface area contributed by atoms with E-state index in [0.29, 0.717) is 36.9 Å². The second kappa shape index (κ2) is 12.6. The summed E-state index contributed by atoms with van der Waals surface area (Å²) in [7, 11) is 0. The molecule has 0 aliphatic carbocycles. The van der Waals surface area contributed by atoms with E-state index >= 15 is 0 Å². The highest BCUT2D eigenvalue weighted by molar-refractivity contribution is 6.30. The lowest BCUT2D eigenvalue weighted by Gasteiger charge is -2.12. The fraction of sp³-hybridized carbons (Fsp3) is 0.333. The molecule has 1 N–H and O–H groups in total. The Morgan fingerprint density at radius 3 is 2.56 bits per heavy atom. The lowest BCUT2D eigenvalue weighted by Crippen LogP contribution is -2.28. The first-order chi connectivity index (χ1) is 17.5. The molecule has 0 fully saturated rings. The molecule has 1 atom stereocenters. The van der Waals surface area contributed by atoms with Crippen LogP contribution in [0.15, 0.2) is 72.8 Å². The van der Waals surface area contributed by atoms with E-state index < -0.39 is 0 Å². The van der Waals surface area contributed by atoms with Gasteiger partial charge in [-0.15, -0.1) is 0 Å². The Labute approximate surface area is 218 Å². The monoisotopic (exact) mass is 503 g/mol. The molecule has 4 aromatic rings. The first-order valence-corrected chi connectivity index (χ1v) is 13.1. The van der Waals surface area contributed by atoms with Crippen molar-refractivity contribution in [1.82, 2.24) is 14.9 Å². The molecule has 6 heteroatoms. The number of aromatic nitrogens is 2. The zero-order valence-corrected chi connectivity index (χ0v) is 21.8. The largest absolute Gasteiger partial charge is 0.494 e. The molecule has 3 aromatic carbocycles. The maximum atomic E-state index is 12.4. The van der Waals surface area contributed by atoms with Gasteiger partial charge in [0.25, 0.3) is 0 Å². The lowest BCUT2D eigenvalue weighted by molar-refractivity contribution is -0.120. The fourth-order valence-electron chi connectivity index (χ4n) is 4.27. The van der Waals surface area contributed by atoms with Crippen LogP contribution >= 0.6 is 11.6 Å². The third-order valence-corrected chi connectivity index (χ3v) is 6.79. The SMILES string of the molecule is CCC(C)c1ccc(OCCCn2c(CCNC(=O)Cc3ccc(Cl)cc3)nc3ccccc32)cc1. The molecule has 0 radical (unpaired) electrons. The van der Waals surface area contributed by atoms with E-state index in [1.54, 1.807) is 12.1 Å². The van der Waals surface area contributed by atoms with Crippen molar-refractivity contribution in [2.24, 2.45) is 0 Å². The van der Waals surface area contributed by atoms with E-state index in [1.807, 2.05) is 30.3 Å². The summed E-state index contributed by atoms with van der Waals surface area (Å²) in [5.41, 5.74) is 4.37. The molecule has 0 saturated heterocycles. The molecule has 1 amide bonds. The van der Waals surface area contributed by atoms with E-state index in [1.165, 1.54) is 5.56 Å². The smallest absolute Gasteiger partial charge is 0.224 e. The van der Waals surface area contributed by atoms with Gasteiger partial charge in [0.15, 0.2) is 0 Å². The van der Waals surface area contributed by atoms with E-state index in [9.17, 15) is 4.79 Å². The van der Waals surface area contributed by atoms with Gasteiger partial charge in [-0.1, -0.05) is 61.8 Å². The molecule has 5 nitrogen and oxygen atoms in total. The predicted molar refractivity (Wildman–Crippen MR) is 147 cm³/mol. The molecular weight excluding hydrogens is 470 g/mol. The van der Waals surface area contributed by atoms with Crippen LogP contribution < -0.4 is 10.1 Å². The Morgan fingerprint density at radius 2 is 1.81 bits per heavy atom. The summed E-state index contributed by atoms with van der Waals surface area (Å²) < 4.78 is 8.25. The Bertz CT molecular complexity index is 1270. The van der Waals surface area contributed by atoms with Gasteiger partial charge >= 0.3 is 0 Å². The fourth-order valence-corrected chi connectivity index (χ4v) is 4.40. The van der Waals surface area contributed by atoms with Gasteiger partial charge in [-0.25, -0.2) is 4.98 Å². The van der Waals surface area contributed by atoms with E-state index in [-0.39, 0.29) is 5.91 Å². The van der Waals surface area contributed by atoms with Gasteiger partial charge in [0.1, 0.15) is 11.6 Å². The molecule has 1 aromatic heterocycles. The number of carbonyl (C=O) groups is 1. The molecule has 36 heavy (non-hydrogen) atoms. The number of rotatable bonds is 12. The summed E-state index contributed by atoms with van der Waals surface area (Å²) in [6, 6.07) is 24.0. The average Bonchev–Trinajstić information content (AvgIpc) is 3.25. The summed E-state index contributed by atoms with van der Waals surface area (Å²) in [6.45, 7) is 6.42. The summed E-state index contributed by atoms with van der Waals surface area (Å²) in [5, 5.41) is 3.69. The van der Waals surface area contributed by atoms with Crippen molar-refractivity contribution in [3.63, 3.8) is 0 Å². The second-order valence-electron chi connectivity index (χ2n) is 9.15. The zero-order valence-electron chi connectivity index (χ0n) is 21.0. The number of ether oxygens (including phenoxy) is 1. The predicted octanol–water partition coefficient (Wildman–Crippen LogP) is 6.57. The van der Waals surface area contributed by atoms with Crippen molar-refractivity contribution in [3.05, 3.63) is 94.8 Å². The molecule has 0 aliphatic heterocycles. The molecule has 1 unspecified atom stereocenters. The summed E-state index contributed by atoms with van der Waals surface area (Å²) in [6.07, 6.45) is 3.00. The minimum atomic E-state index is -0.00673. The highest BCUT2D eigenvalue weighted by Gasteiger charge is 2.11. The number of hydrogen-bond acceptors (Lipinski definition) is 3. The van der Waals surface area contributed by atoms with Gasteiger partial charge in [0, 0.05) is 24.5 Å². The van der Waals surface area contributed by atoms with E-state index in [4.69, 9.17) is 21.3 Å². The Kier molecular flexibility index (Phi) is 9.01. The molecule has 188 valence electrons. The van der Waals surface area contributed by atoms with E-state index in [0.717, 1.165) is 47.6 Å². The Morgan fingerprint density at radius 1 is 1.06 bits per heavy atom. The van der Waals surface area contributed by atoms with Crippen molar-refractivity contribution in [3.8, 4) is 5.75 Å². The van der Waals surface area contributed by atoms with Crippen molar-refractivity contribution in [1.29, 1.82) is 0 Å². The topological polar surface area (TPSA) is 56.1 Å². The zero-order chi connectivity index (χ0) is 25.3. The Balaban J connectivity index is 1.31. The first-order valence-electron chi connectivity index (χ1n) is 12.7. The molecule has 4 rings (SSSR count). The van der Waals surface area contributed by atoms with Crippen LogP contribution in [0, 0.1) is 0 Å². The second-order valence-corrected chi connectivity index (χ2v) is 9.59. The normalized spacial score (nSPS) is 12.0. The highest BCUT2D eigenvalue weighted by Crippen LogP contribution is 2.22. The quantitative estimate of drug-likeness (QED) is 0.222. The number of para-hydroxylation sites is 2. The van der Waals surface area contributed by atoms with Crippen LogP contribution in [0.3, 0.4) is 0 Å². The number of nitrogens with one attached hydrogen (secondary N) is 1. The van der Waals surface area contributed by atoms with Crippen LogP contribution in [0.4, 0.5) is 0 Å². The first kappa shape index (κ1) is 25.8. The molecule has 0 saturated carbocycles. The minimum Gasteiger partial charge on any atom is -0.494 e. The Hall–Kier alpha value is -3.31. The van der Waals surface area contributed by atoms with Crippen LogP contribution in [0.2, 0.25) is 5.02 Å². The molecule has 1 heterocycles. The number of hydrogen-bond donors (Lipinski definition) is 1. The van der Waals surface area contributed by atoms with Gasteiger partial charge < -0.3 is 14.6 Å². The summed E-state index contributed by atoms with van der Waals surface area (Å²) in [4.78, 5) is 17.2. The number of halogens is 1.